The van der Waals surface area contributed by atoms with Crippen molar-refractivity contribution in [3.05, 3.63) is 35.4 Å². The number of carbonyl (C=O) groups excluding carboxylic acids is 1. The van der Waals surface area contributed by atoms with Crippen molar-refractivity contribution >= 4 is 28.8 Å². The molecule has 0 unspecified atom stereocenters. The molecule has 0 aliphatic heterocycles. The van der Waals surface area contributed by atoms with Crippen LogP contribution in [0.4, 0.5) is 0 Å². The lowest BCUT2D eigenvalue weighted by Crippen LogP contribution is -2.20. The first kappa shape index (κ1) is 20.3. The lowest BCUT2D eigenvalue weighted by atomic mass is 10.00. The van der Waals surface area contributed by atoms with Crippen LogP contribution in [-0.2, 0) is 19.2 Å². The highest BCUT2D eigenvalue weighted by Crippen LogP contribution is 2.31. The second-order valence-electron chi connectivity index (χ2n) is 5.96. The van der Waals surface area contributed by atoms with Crippen LogP contribution < -0.4 is 0 Å². The van der Waals surface area contributed by atoms with E-state index in [0.29, 0.717) is 28.5 Å². The van der Waals surface area contributed by atoms with Crippen LogP contribution in [0, 0.1) is 5.92 Å². The van der Waals surface area contributed by atoms with Crippen molar-refractivity contribution in [2.75, 3.05) is 21.3 Å². The molecule has 8 nitrogen and oxygen atoms in total. The normalized spacial score (nSPS) is 16.2. The van der Waals surface area contributed by atoms with Gasteiger partial charge < -0.3 is 14.4 Å². The average molecular weight is 372 g/mol. The van der Waals surface area contributed by atoms with Crippen molar-refractivity contribution in [3.63, 3.8) is 0 Å². The van der Waals surface area contributed by atoms with E-state index in [-0.39, 0.29) is 5.71 Å². The van der Waals surface area contributed by atoms with E-state index >= 15 is 0 Å². The summed E-state index contributed by atoms with van der Waals surface area (Å²) in [5, 5.41) is 16.5. The Bertz CT molecular complexity index is 808. The first-order valence-corrected chi connectivity index (χ1v) is 8.53. The molecule has 1 aromatic rings. The summed E-state index contributed by atoms with van der Waals surface area (Å²) in [7, 11) is 4.17. The molecule has 144 valence electrons. The summed E-state index contributed by atoms with van der Waals surface area (Å²) in [6.07, 6.45) is 2.13. The third kappa shape index (κ3) is 5.22. The van der Waals surface area contributed by atoms with E-state index in [4.69, 9.17) is 14.4 Å². The minimum absolute atomic E-state index is 0.0636. The summed E-state index contributed by atoms with van der Waals surface area (Å²) in [4.78, 5) is 21.7. The Morgan fingerprint density at radius 1 is 0.963 bits per heavy atom. The molecule has 0 N–H and O–H groups in total. The molecule has 0 bridgehead atoms. The topological polar surface area (TPSA) is 94.2 Å². The van der Waals surface area contributed by atoms with Gasteiger partial charge in [-0.2, -0.15) is 10.2 Å². The van der Waals surface area contributed by atoms with Gasteiger partial charge in [-0.15, -0.1) is 0 Å². The molecule has 0 heterocycles. The SMILES string of the molecule is CO\N=C(C)/C(=N\N=C(\C)c1ccccc1/C(=N/OC)C(=O)OC)C1CC1. The van der Waals surface area contributed by atoms with E-state index in [1.807, 2.05) is 26.0 Å². The Balaban J connectivity index is 2.44. The third-order valence-corrected chi connectivity index (χ3v) is 4.00. The molecule has 1 saturated carbocycles. The predicted molar refractivity (Wildman–Crippen MR) is 104 cm³/mol. The standard InChI is InChI=1S/C19H24N4O4/c1-12(20-21-17(14-10-11-14)13(2)22-26-4)15-8-6-7-9-16(15)18(23-27-5)19(24)25-3/h6-9,14H,10-11H2,1-5H3/b20-12-,21-17+,22-13-,23-18-. The summed E-state index contributed by atoms with van der Waals surface area (Å²) in [6, 6.07) is 7.24. The molecule has 2 rings (SSSR count). The highest BCUT2D eigenvalue weighted by Gasteiger charge is 2.30. The monoisotopic (exact) mass is 372 g/mol. The number of ether oxygens (including phenoxy) is 1. The molecule has 0 saturated heterocycles. The summed E-state index contributed by atoms with van der Waals surface area (Å²) >= 11 is 0. The number of benzene rings is 1. The molecule has 1 aliphatic carbocycles. The second kappa shape index (κ2) is 9.61. The van der Waals surface area contributed by atoms with Crippen molar-refractivity contribution in [1.29, 1.82) is 0 Å². The number of rotatable bonds is 8. The Hall–Kier alpha value is -3.03. The number of esters is 1. The molecule has 0 aromatic heterocycles. The highest BCUT2D eigenvalue weighted by molar-refractivity contribution is 6.44. The van der Waals surface area contributed by atoms with Gasteiger partial charge in [-0.1, -0.05) is 34.6 Å². The number of oxime groups is 2. The van der Waals surface area contributed by atoms with Crippen molar-refractivity contribution < 1.29 is 19.2 Å². The van der Waals surface area contributed by atoms with Crippen molar-refractivity contribution in [1.82, 2.24) is 0 Å². The van der Waals surface area contributed by atoms with Crippen LogP contribution in [0.15, 0.2) is 44.8 Å². The average Bonchev–Trinajstić information content (AvgIpc) is 3.51. The summed E-state index contributed by atoms with van der Waals surface area (Å²) in [5.74, 6) is -0.237. The van der Waals surface area contributed by atoms with Crippen molar-refractivity contribution in [3.8, 4) is 0 Å². The van der Waals surface area contributed by atoms with E-state index in [0.717, 1.165) is 18.6 Å². The van der Waals surface area contributed by atoms with E-state index in [9.17, 15) is 4.79 Å². The van der Waals surface area contributed by atoms with Gasteiger partial charge in [0.05, 0.1) is 18.5 Å². The van der Waals surface area contributed by atoms with E-state index in [1.54, 1.807) is 12.1 Å². The van der Waals surface area contributed by atoms with Crippen LogP contribution in [0.3, 0.4) is 0 Å². The molecule has 1 aromatic carbocycles. The number of nitrogens with zero attached hydrogens (tertiary/aromatic N) is 4. The van der Waals surface area contributed by atoms with Crippen LogP contribution in [0.5, 0.6) is 0 Å². The third-order valence-electron chi connectivity index (χ3n) is 4.00. The lowest BCUT2D eigenvalue weighted by Gasteiger charge is -2.09. The van der Waals surface area contributed by atoms with Crippen LogP contribution in [-0.4, -0.2) is 50.1 Å². The first-order valence-electron chi connectivity index (χ1n) is 8.53. The van der Waals surface area contributed by atoms with Crippen LogP contribution in [0.25, 0.3) is 0 Å². The second-order valence-corrected chi connectivity index (χ2v) is 5.96. The summed E-state index contributed by atoms with van der Waals surface area (Å²) in [6.45, 7) is 3.66. The largest absolute Gasteiger partial charge is 0.464 e. The Morgan fingerprint density at radius 3 is 2.15 bits per heavy atom. The van der Waals surface area contributed by atoms with Gasteiger partial charge >= 0.3 is 5.97 Å². The molecule has 8 heteroatoms. The van der Waals surface area contributed by atoms with Gasteiger partial charge in [0.1, 0.15) is 19.9 Å². The van der Waals surface area contributed by atoms with Gasteiger partial charge in [0.15, 0.2) is 5.71 Å². The number of hydrogen-bond acceptors (Lipinski definition) is 8. The fourth-order valence-corrected chi connectivity index (χ4v) is 2.56. The van der Waals surface area contributed by atoms with Gasteiger partial charge in [0.2, 0.25) is 0 Å². The zero-order chi connectivity index (χ0) is 19.8. The maximum absolute atomic E-state index is 12.1. The van der Waals surface area contributed by atoms with Gasteiger partial charge in [-0.05, 0) is 26.7 Å². The molecule has 0 amide bonds. The maximum atomic E-state index is 12.1. The molecular formula is C19H24N4O4. The summed E-state index contributed by atoms with van der Waals surface area (Å²) < 4.78 is 4.80. The Morgan fingerprint density at radius 2 is 1.59 bits per heavy atom. The van der Waals surface area contributed by atoms with Gasteiger partial charge in [0, 0.05) is 17.0 Å². The molecule has 0 atom stereocenters. The van der Waals surface area contributed by atoms with E-state index in [2.05, 4.69) is 20.5 Å². The summed E-state index contributed by atoms with van der Waals surface area (Å²) in [5.41, 5.74) is 3.47. The van der Waals surface area contributed by atoms with Crippen LogP contribution >= 0.6 is 0 Å². The molecule has 0 radical (unpaired) electrons. The quantitative estimate of drug-likeness (QED) is 0.398. The minimum Gasteiger partial charge on any atom is -0.464 e. The fraction of sp³-hybridized carbons (Fsp3) is 0.421. The van der Waals surface area contributed by atoms with Crippen LogP contribution in [0.1, 0.15) is 37.8 Å². The zero-order valence-corrected chi connectivity index (χ0v) is 16.2. The molecule has 27 heavy (non-hydrogen) atoms. The molecule has 0 spiro atoms. The highest BCUT2D eigenvalue weighted by atomic mass is 16.6. The smallest absolute Gasteiger partial charge is 0.360 e. The van der Waals surface area contributed by atoms with Crippen LogP contribution in [0.2, 0.25) is 0 Å². The lowest BCUT2D eigenvalue weighted by molar-refractivity contribution is -0.132. The van der Waals surface area contributed by atoms with Gasteiger partial charge in [-0.3, -0.25) is 0 Å². The van der Waals surface area contributed by atoms with E-state index in [1.165, 1.54) is 21.3 Å². The van der Waals surface area contributed by atoms with Crippen molar-refractivity contribution in [2.24, 2.45) is 26.4 Å². The van der Waals surface area contributed by atoms with Gasteiger partial charge in [-0.25, -0.2) is 4.79 Å². The molecule has 1 fully saturated rings. The molecular weight excluding hydrogens is 348 g/mol. The van der Waals surface area contributed by atoms with Crippen molar-refractivity contribution in [2.45, 2.75) is 26.7 Å². The molecule has 1 aliphatic rings. The number of methoxy groups -OCH3 is 1. The maximum Gasteiger partial charge on any atom is 0.360 e. The van der Waals surface area contributed by atoms with Gasteiger partial charge in [0.25, 0.3) is 0 Å². The predicted octanol–water partition coefficient (Wildman–Crippen LogP) is 2.81. The fourth-order valence-electron chi connectivity index (χ4n) is 2.56. The Kier molecular flexibility index (Phi) is 7.22. The first-order chi connectivity index (χ1) is 13.0. The zero-order valence-electron chi connectivity index (χ0n) is 16.2. The number of hydrogen-bond donors (Lipinski definition) is 0. The Labute approximate surface area is 158 Å². The number of carbonyl (C=O) groups is 1. The van der Waals surface area contributed by atoms with E-state index < -0.39 is 5.97 Å². The minimum atomic E-state index is -0.595.